The summed E-state index contributed by atoms with van der Waals surface area (Å²) in [6.45, 7) is 5.22. The lowest BCUT2D eigenvalue weighted by Gasteiger charge is -2.18. The Labute approximate surface area is 188 Å². The van der Waals surface area contributed by atoms with E-state index in [1.54, 1.807) is 0 Å². The molecule has 0 unspecified atom stereocenters. The Balaban J connectivity index is 1.37. The van der Waals surface area contributed by atoms with Gasteiger partial charge in [0.2, 0.25) is 5.95 Å². The van der Waals surface area contributed by atoms with Gasteiger partial charge in [0.05, 0.1) is 11.0 Å². The van der Waals surface area contributed by atoms with Gasteiger partial charge in [0.1, 0.15) is 0 Å². The predicted octanol–water partition coefficient (Wildman–Crippen LogP) is 6.05. The highest BCUT2D eigenvalue weighted by molar-refractivity contribution is 6.02. The number of anilines is 1. The lowest BCUT2D eigenvalue weighted by atomic mass is 9.97. The fourth-order valence-corrected chi connectivity index (χ4v) is 5.15. The Morgan fingerprint density at radius 2 is 1.41 bits per heavy atom. The summed E-state index contributed by atoms with van der Waals surface area (Å²) in [7, 11) is 0. The molecule has 1 saturated heterocycles. The van der Waals surface area contributed by atoms with Crippen molar-refractivity contribution in [2.45, 2.75) is 25.9 Å². The van der Waals surface area contributed by atoms with Gasteiger partial charge in [-0.05, 0) is 71.2 Å². The second-order valence-corrected chi connectivity index (χ2v) is 8.78. The molecule has 1 aromatic heterocycles. The molecule has 0 amide bonds. The quantitative estimate of drug-likeness (QED) is 0.339. The molecule has 4 heteroatoms. The van der Waals surface area contributed by atoms with Crippen molar-refractivity contribution in [1.82, 2.24) is 14.5 Å². The van der Waals surface area contributed by atoms with Crippen LogP contribution in [0.3, 0.4) is 0 Å². The molecule has 2 heterocycles. The monoisotopic (exact) mass is 420 g/mol. The molecule has 1 fully saturated rings. The minimum atomic E-state index is 0.745. The molecule has 0 radical (unpaired) electrons. The van der Waals surface area contributed by atoms with Crippen LogP contribution in [-0.2, 0) is 13.1 Å². The van der Waals surface area contributed by atoms with Crippen LogP contribution in [0.25, 0.3) is 32.6 Å². The van der Waals surface area contributed by atoms with Gasteiger partial charge in [0.15, 0.2) is 0 Å². The molecule has 0 spiro atoms. The van der Waals surface area contributed by atoms with Crippen LogP contribution in [0.2, 0.25) is 0 Å². The van der Waals surface area contributed by atoms with E-state index in [0.29, 0.717) is 0 Å². The maximum absolute atomic E-state index is 4.97. The Kier molecular flexibility index (Phi) is 5.00. The van der Waals surface area contributed by atoms with E-state index < -0.39 is 0 Å². The third-order valence-electron chi connectivity index (χ3n) is 6.80. The molecule has 0 bridgehead atoms. The van der Waals surface area contributed by atoms with Gasteiger partial charge in [-0.1, -0.05) is 60.7 Å². The van der Waals surface area contributed by atoms with Crippen molar-refractivity contribution >= 4 is 38.5 Å². The Bertz CT molecular complexity index is 1340. The number of imidazole rings is 1. The van der Waals surface area contributed by atoms with Crippen molar-refractivity contribution in [2.24, 2.45) is 0 Å². The second kappa shape index (κ2) is 8.29. The fraction of sp³-hybridized carbons (Fsp3) is 0.250. The number of likely N-dealkylation sites (tertiary alicyclic amines) is 1. The van der Waals surface area contributed by atoms with Crippen molar-refractivity contribution in [3.8, 4) is 0 Å². The second-order valence-electron chi connectivity index (χ2n) is 8.78. The molecular formula is C28H28N4. The van der Waals surface area contributed by atoms with E-state index in [-0.39, 0.29) is 0 Å². The Morgan fingerprint density at radius 3 is 2.16 bits per heavy atom. The average Bonchev–Trinajstić information content (AvgIpc) is 3.48. The summed E-state index contributed by atoms with van der Waals surface area (Å²) in [5.41, 5.74) is 3.59. The standard InChI is InChI=1S/C28H28N4/c1-3-11-23-21(9-1)19-22-10-2-4-12-24(22)25(23)20-29-28-30-26-13-5-6-14-27(26)32(28)18-17-31-15-7-8-16-31/h1-6,9-14,19H,7-8,15-18,20H2,(H,29,30). The van der Waals surface area contributed by atoms with Gasteiger partial charge in [-0.25, -0.2) is 4.98 Å². The number of hydrogen-bond donors (Lipinski definition) is 1. The summed E-state index contributed by atoms with van der Waals surface area (Å²) in [5.74, 6) is 0.961. The molecule has 1 aliphatic heterocycles. The molecule has 0 atom stereocenters. The number of hydrogen-bond acceptors (Lipinski definition) is 3. The van der Waals surface area contributed by atoms with Crippen LogP contribution in [0.5, 0.6) is 0 Å². The van der Waals surface area contributed by atoms with Crippen molar-refractivity contribution < 1.29 is 0 Å². The van der Waals surface area contributed by atoms with E-state index in [9.17, 15) is 0 Å². The molecule has 6 rings (SSSR count). The SMILES string of the molecule is c1ccc2c(CNc3nc4ccccc4n3CCN3CCCC3)c3ccccc3cc2c1. The third kappa shape index (κ3) is 3.51. The molecule has 0 aliphatic carbocycles. The minimum absolute atomic E-state index is 0.745. The molecule has 1 aliphatic rings. The van der Waals surface area contributed by atoms with Crippen LogP contribution >= 0.6 is 0 Å². The van der Waals surface area contributed by atoms with E-state index in [1.807, 2.05) is 0 Å². The predicted molar refractivity (Wildman–Crippen MR) is 134 cm³/mol. The number of benzene rings is 4. The zero-order valence-electron chi connectivity index (χ0n) is 18.3. The first-order valence-corrected chi connectivity index (χ1v) is 11.7. The molecule has 0 saturated carbocycles. The molecule has 5 aromatic rings. The summed E-state index contributed by atoms with van der Waals surface area (Å²) in [5, 5.41) is 8.89. The number of nitrogens with one attached hydrogen (secondary N) is 1. The van der Waals surface area contributed by atoms with Gasteiger partial charge < -0.3 is 14.8 Å². The zero-order chi connectivity index (χ0) is 21.3. The van der Waals surface area contributed by atoms with E-state index in [4.69, 9.17) is 4.98 Å². The summed E-state index contributed by atoms with van der Waals surface area (Å²) < 4.78 is 2.36. The first-order chi connectivity index (χ1) is 15.9. The summed E-state index contributed by atoms with van der Waals surface area (Å²) in [6.07, 6.45) is 2.65. The summed E-state index contributed by atoms with van der Waals surface area (Å²) in [4.78, 5) is 7.53. The maximum atomic E-state index is 4.97. The number of fused-ring (bicyclic) bond motifs is 3. The first kappa shape index (κ1) is 19.3. The summed E-state index contributed by atoms with van der Waals surface area (Å²) >= 11 is 0. The summed E-state index contributed by atoms with van der Waals surface area (Å²) in [6, 6.07) is 28.1. The van der Waals surface area contributed by atoms with Gasteiger partial charge in [-0.3, -0.25) is 0 Å². The average molecular weight is 421 g/mol. The van der Waals surface area contributed by atoms with Crippen LogP contribution in [0, 0.1) is 0 Å². The highest BCUT2D eigenvalue weighted by Crippen LogP contribution is 2.29. The minimum Gasteiger partial charge on any atom is -0.352 e. The van der Waals surface area contributed by atoms with Crippen LogP contribution < -0.4 is 5.32 Å². The molecule has 160 valence electrons. The van der Waals surface area contributed by atoms with E-state index in [0.717, 1.165) is 31.1 Å². The lowest BCUT2D eigenvalue weighted by molar-refractivity contribution is 0.325. The number of aromatic nitrogens is 2. The molecular weight excluding hydrogens is 392 g/mol. The lowest BCUT2D eigenvalue weighted by Crippen LogP contribution is -2.24. The van der Waals surface area contributed by atoms with E-state index >= 15 is 0 Å². The highest BCUT2D eigenvalue weighted by atomic mass is 15.2. The number of nitrogens with zero attached hydrogens (tertiary/aromatic N) is 3. The van der Waals surface area contributed by atoms with Gasteiger partial charge in [-0.2, -0.15) is 0 Å². The van der Waals surface area contributed by atoms with Crippen molar-refractivity contribution in [1.29, 1.82) is 0 Å². The molecule has 32 heavy (non-hydrogen) atoms. The van der Waals surface area contributed by atoms with Crippen molar-refractivity contribution in [3.05, 3.63) is 84.4 Å². The number of para-hydroxylation sites is 2. The van der Waals surface area contributed by atoms with Gasteiger partial charge in [0.25, 0.3) is 0 Å². The molecule has 4 nitrogen and oxygen atoms in total. The van der Waals surface area contributed by atoms with Crippen LogP contribution in [-0.4, -0.2) is 34.1 Å². The third-order valence-corrected chi connectivity index (χ3v) is 6.80. The van der Waals surface area contributed by atoms with E-state index in [2.05, 4.69) is 93.6 Å². The smallest absolute Gasteiger partial charge is 0.204 e. The Morgan fingerprint density at radius 1 is 0.750 bits per heavy atom. The Hall–Kier alpha value is -3.37. The number of rotatable bonds is 6. The molecule has 1 N–H and O–H groups in total. The van der Waals surface area contributed by atoms with Gasteiger partial charge in [-0.15, -0.1) is 0 Å². The maximum Gasteiger partial charge on any atom is 0.204 e. The largest absolute Gasteiger partial charge is 0.352 e. The van der Waals surface area contributed by atoms with Crippen molar-refractivity contribution in [3.63, 3.8) is 0 Å². The van der Waals surface area contributed by atoms with Gasteiger partial charge in [0, 0.05) is 19.6 Å². The normalized spacial score (nSPS) is 14.6. The van der Waals surface area contributed by atoms with Crippen LogP contribution in [0.1, 0.15) is 18.4 Å². The van der Waals surface area contributed by atoms with Crippen molar-refractivity contribution in [2.75, 3.05) is 25.0 Å². The highest BCUT2D eigenvalue weighted by Gasteiger charge is 2.15. The van der Waals surface area contributed by atoms with E-state index in [1.165, 1.54) is 58.6 Å². The van der Waals surface area contributed by atoms with Gasteiger partial charge >= 0.3 is 0 Å². The fourth-order valence-electron chi connectivity index (χ4n) is 5.15. The zero-order valence-corrected chi connectivity index (χ0v) is 18.3. The molecule has 4 aromatic carbocycles. The topological polar surface area (TPSA) is 33.1 Å². The van der Waals surface area contributed by atoms with Crippen LogP contribution in [0.15, 0.2) is 78.9 Å². The first-order valence-electron chi connectivity index (χ1n) is 11.7. The van der Waals surface area contributed by atoms with Crippen LogP contribution in [0.4, 0.5) is 5.95 Å².